The first-order valence-electron chi connectivity index (χ1n) is 10.3. The number of aliphatic hydroxyl groups is 1. The fourth-order valence-electron chi connectivity index (χ4n) is 3.77. The van der Waals surface area contributed by atoms with Crippen molar-refractivity contribution in [2.24, 2.45) is 0 Å². The van der Waals surface area contributed by atoms with Crippen LogP contribution in [0.3, 0.4) is 0 Å². The Morgan fingerprint density at radius 1 is 1.20 bits per heavy atom. The third-order valence-electron chi connectivity index (χ3n) is 5.17. The Hall–Kier alpha value is -2.67. The highest BCUT2D eigenvalue weighted by Gasteiger charge is 2.44. The summed E-state index contributed by atoms with van der Waals surface area (Å²) in [4.78, 5) is 32.7. The van der Waals surface area contributed by atoms with Crippen LogP contribution in [0.25, 0.3) is 0 Å². The number of benzene rings is 1. The monoisotopic (exact) mass is 428 g/mol. The number of hydrogen-bond donors (Lipinski definition) is 1. The number of rotatable bonds is 9. The number of thiazole rings is 1. The van der Waals surface area contributed by atoms with Crippen LogP contribution in [0.4, 0.5) is 0 Å². The summed E-state index contributed by atoms with van der Waals surface area (Å²) in [5.41, 5.74) is 1.52. The third-order valence-corrected chi connectivity index (χ3v) is 6.24. The molecule has 1 amide bonds. The zero-order valence-electron chi connectivity index (χ0n) is 17.9. The van der Waals surface area contributed by atoms with Crippen molar-refractivity contribution in [3.63, 3.8) is 0 Å². The molecule has 1 unspecified atom stereocenters. The van der Waals surface area contributed by atoms with Crippen LogP contribution in [0.15, 0.2) is 35.6 Å². The zero-order valence-corrected chi connectivity index (χ0v) is 18.7. The second-order valence-corrected chi connectivity index (χ2v) is 8.55. The van der Waals surface area contributed by atoms with Crippen LogP contribution in [0.2, 0.25) is 0 Å². The summed E-state index contributed by atoms with van der Waals surface area (Å²) in [6.07, 6.45) is 2.79. The van der Waals surface area contributed by atoms with E-state index in [0.717, 1.165) is 35.6 Å². The number of aromatic nitrogens is 1. The predicted octanol–water partition coefficient (Wildman–Crippen LogP) is 4.93. The fourth-order valence-corrected chi connectivity index (χ4v) is 4.65. The van der Waals surface area contributed by atoms with Crippen LogP contribution in [0.1, 0.15) is 65.1 Å². The highest BCUT2D eigenvalue weighted by molar-refractivity contribution is 7.14. The molecule has 0 bridgehead atoms. The van der Waals surface area contributed by atoms with E-state index < -0.39 is 17.7 Å². The number of carbonyl (C=O) groups is 2. The van der Waals surface area contributed by atoms with Crippen molar-refractivity contribution in [3.8, 4) is 5.75 Å². The molecule has 1 aliphatic rings. The number of aliphatic hydroxyl groups excluding tert-OH is 1. The maximum absolute atomic E-state index is 13.4. The Bertz CT molecular complexity index is 962. The second-order valence-electron chi connectivity index (χ2n) is 7.35. The number of nitrogens with zero attached hydrogens (tertiary/aromatic N) is 2. The molecule has 2 aromatic rings. The number of ketones is 1. The maximum Gasteiger partial charge on any atom is 0.290 e. The van der Waals surface area contributed by atoms with Gasteiger partial charge in [0, 0.05) is 6.54 Å². The molecule has 1 aromatic carbocycles. The summed E-state index contributed by atoms with van der Waals surface area (Å²) in [7, 11) is 0. The fraction of sp³-hybridized carbons (Fsp3) is 0.435. The van der Waals surface area contributed by atoms with Crippen LogP contribution >= 0.6 is 11.3 Å². The van der Waals surface area contributed by atoms with Crippen molar-refractivity contribution < 1.29 is 19.4 Å². The molecule has 2 heterocycles. The summed E-state index contributed by atoms with van der Waals surface area (Å²) >= 11 is 1.29. The lowest BCUT2D eigenvalue weighted by atomic mass is 9.95. The number of unbranched alkanes of at least 4 members (excludes halogenated alkanes) is 2. The minimum atomic E-state index is -0.626. The first-order chi connectivity index (χ1) is 14.4. The molecule has 160 valence electrons. The topological polar surface area (TPSA) is 79.7 Å². The van der Waals surface area contributed by atoms with Crippen LogP contribution in [0, 0.1) is 13.8 Å². The van der Waals surface area contributed by atoms with E-state index in [2.05, 4.69) is 11.9 Å². The molecule has 1 atom stereocenters. The van der Waals surface area contributed by atoms with Gasteiger partial charge in [-0.15, -0.1) is 11.3 Å². The van der Waals surface area contributed by atoms with Crippen molar-refractivity contribution in [2.75, 3.05) is 13.2 Å². The minimum Gasteiger partial charge on any atom is -0.503 e. The van der Waals surface area contributed by atoms with Gasteiger partial charge in [0.15, 0.2) is 5.76 Å². The summed E-state index contributed by atoms with van der Waals surface area (Å²) < 4.78 is 5.52. The Morgan fingerprint density at radius 3 is 2.47 bits per heavy atom. The van der Waals surface area contributed by atoms with Gasteiger partial charge in [0.25, 0.3) is 5.91 Å². The Morgan fingerprint density at radius 2 is 1.90 bits per heavy atom. The van der Waals surface area contributed by atoms with Crippen LogP contribution in [-0.2, 0) is 4.79 Å². The van der Waals surface area contributed by atoms with E-state index in [1.807, 2.05) is 38.1 Å². The molecular formula is C23H28N2O4S. The van der Waals surface area contributed by atoms with Crippen LogP contribution in [-0.4, -0.2) is 39.8 Å². The molecule has 7 heteroatoms. The molecule has 1 aromatic heterocycles. The number of aryl methyl sites for hydroxylation is 2. The van der Waals surface area contributed by atoms with Gasteiger partial charge in [-0.3, -0.25) is 9.59 Å². The van der Waals surface area contributed by atoms with Gasteiger partial charge < -0.3 is 14.7 Å². The molecular weight excluding hydrogens is 400 g/mol. The smallest absolute Gasteiger partial charge is 0.290 e. The van der Waals surface area contributed by atoms with E-state index >= 15 is 0 Å². The average molecular weight is 429 g/mol. The molecule has 30 heavy (non-hydrogen) atoms. The van der Waals surface area contributed by atoms with Gasteiger partial charge in [0.2, 0.25) is 5.78 Å². The molecule has 0 saturated heterocycles. The normalized spacial score (nSPS) is 16.5. The number of Topliss-reactive ketones (excluding diaryl/α,β-unsaturated/α-hetero) is 1. The summed E-state index contributed by atoms with van der Waals surface area (Å²) in [6, 6.07) is 6.73. The van der Waals surface area contributed by atoms with Crippen molar-refractivity contribution in [1.82, 2.24) is 9.88 Å². The van der Waals surface area contributed by atoms with Gasteiger partial charge in [-0.2, -0.15) is 0 Å². The van der Waals surface area contributed by atoms with Gasteiger partial charge in [0.05, 0.1) is 33.8 Å². The largest absolute Gasteiger partial charge is 0.503 e. The molecule has 3 rings (SSSR count). The number of ether oxygens (including phenoxy) is 1. The van der Waals surface area contributed by atoms with E-state index in [1.54, 1.807) is 11.8 Å². The van der Waals surface area contributed by atoms with Gasteiger partial charge in [-0.1, -0.05) is 31.9 Å². The van der Waals surface area contributed by atoms with E-state index in [-0.39, 0.29) is 11.4 Å². The molecule has 0 radical (unpaired) electrons. The molecule has 0 saturated carbocycles. The molecule has 0 aliphatic carbocycles. The molecule has 6 nitrogen and oxygen atoms in total. The Balaban J connectivity index is 2.03. The van der Waals surface area contributed by atoms with Crippen molar-refractivity contribution in [3.05, 3.63) is 56.7 Å². The zero-order chi connectivity index (χ0) is 21.8. The molecule has 0 fully saturated rings. The average Bonchev–Trinajstić information content (AvgIpc) is 3.19. The van der Waals surface area contributed by atoms with Gasteiger partial charge in [-0.25, -0.2) is 4.98 Å². The molecule has 0 spiro atoms. The maximum atomic E-state index is 13.4. The second kappa shape index (κ2) is 9.43. The molecule has 1 N–H and O–H groups in total. The van der Waals surface area contributed by atoms with Crippen LogP contribution < -0.4 is 4.74 Å². The van der Waals surface area contributed by atoms with Gasteiger partial charge in [0.1, 0.15) is 5.75 Å². The number of amides is 1. The van der Waals surface area contributed by atoms with Crippen LogP contribution in [0.5, 0.6) is 5.75 Å². The lowest BCUT2D eigenvalue weighted by Gasteiger charge is -2.27. The Kier molecular flexibility index (Phi) is 6.92. The summed E-state index contributed by atoms with van der Waals surface area (Å²) in [5.74, 6) is -0.563. The van der Waals surface area contributed by atoms with Crippen molar-refractivity contribution in [2.45, 2.75) is 53.0 Å². The van der Waals surface area contributed by atoms with E-state index in [9.17, 15) is 14.7 Å². The summed E-state index contributed by atoms with van der Waals surface area (Å²) in [5, 5.41) is 11.5. The van der Waals surface area contributed by atoms with E-state index in [4.69, 9.17) is 4.74 Å². The summed E-state index contributed by atoms with van der Waals surface area (Å²) in [6.45, 7) is 8.65. The standard InChI is InChI=1S/C23H28N2O4S/c1-5-7-8-13-25-19(16-9-11-17(12-10-16)29-6-2)18(21(27)23(25)28)20(26)22-14(3)24-15(4)30-22/h9-12,19,27H,5-8,13H2,1-4H3. The molecule has 1 aliphatic heterocycles. The van der Waals surface area contributed by atoms with E-state index in [0.29, 0.717) is 23.7 Å². The van der Waals surface area contributed by atoms with Gasteiger partial charge >= 0.3 is 0 Å². The van der Waals surface area contributed by atoms with Crippen molar-refractivity contribution in [1.29, 1.82) is 0 Å². The number of carbonyl (C=O) groups excluding carboxylic acids is 2. The lowest BCUT2D eigenvalue weighted by Crippen LogP contribution is -2.32. The lowest BCUT2D eigenvalue weighted by molar-refractivity contribution is -0.129. The van der Waals surface area contributed by atoms with Crippen molar-refractivity contribution >= 4 is 23.0 Å². The highest BCUT2D eigenvalue weighted by atomic mass is 32.1. The SMILES string of the molecule is CCCCCN1C(=O)C(O)=C(C(=O)c2sc(C)nc2C)C1c1ccc(OCC)cc1. The minimum absolute atomic E-state index is 0.132. The van der Waals surface area contributed by atoms with E-state index in [1.165, 1.54) is 11.3 Å². The van der Waals surface area contributed by atoms with Gasteiger partial charge in [-0.05, 0) is 44.9 Å². The third kappa shape index (κ3) is 4.26. The predicted molar refractivity (Wildman–Crippen MR) is 117 cm³/mol. The Labute approximate surface area is 181 Å². The number of hydrogen-bond acceptors (Lipinski definition) is 6. The first kappa shape index (κ1) is 22.0. The highest BCUT2D eigenvalue weighted by Crippen LogP contribution is 2.40. The first-order valence-corrected chi connectivity index (χ1v) is 11.2. The quantitative estimate of drug-likeness (QED) is 0.453.